The molecule has 2 aromatic carbocycles. The summed E-state index contributed by atoms with van der Waals surface area (Å²) in [6, 6.07) is 13.4. The smallest absolute Gasteiger partial charge is 0.326 e. The van der Waals surface area contributed by atoms with Crippen LogP contribution in [0.1, 0.15) is 16.8 Å². The highest BCUT2D eigenvalue weighted by Gasteiger charge is 2.45. The molecule has 2 atom stereocenters. The molecule has 8 nitrogen and oxygen atoms in total. The number of carbonyl (C=O) groups is 2. The van der Waals surface area contributed by atoms with Crippen molar-refractivity contribution in [1.29, 1.82) is 0 Å². The molecule has 0 aliphatic carbocycles. The number of aryl methyl sites for hydroxylation is 1. The van der Waals surface area contributed by atoms with Crippen LogP contribution >= 0.6 is 11.3 Å². The molecule has 178 valence electrons. The van der Waals surface area contributed by atoms with Gasteiger partial charge in [-0.25, -0.2) is 18.2 Å². The zero-order valence-corrected chi connectivity index (χ0v) is 20.2. The second-order valence-corrected chi connectivity index (χ2v) is 10.8. The lowest BCUT2D eigenvalue weighted by Crippen LogP contribution is -2.63. The third kappa shape index (κ3) is 5.03. The fourth-order valence-electron chi connectivity index (χ4n) is 4.12. The van der Waals surface area contributed by atoms with E-state index in [0.717, 1.165) is 11.1 Å². The van der Waals surface area contributed by atoms with Gasteiger partial charge in [-0.05, 0) is 31.0 Å². The van der Waals surface area contributed by atoms with Crippen molar-refractivity contribution < 1.29 is 23.1 Å². The summed E-state index contributed by atoms with van der Waals surface area (Å²) in [6.45, 7) is 1.85. The molecule has 1 amide bonds. The number of carboxylic acid groups (broad SMARTS) is 1. The molecule has 34 heavy (non-hydrogen) atoms. The number of aliphatic carboxylic acids is 1. The summed E-state index contributed by atoms with van der Waals surface area (Å²) in [5.41, 5.74) is 3.91. The van der Waals surface area contributed by atoms with Gasteiger partial charge in [-0.3, -0.25) is 4.79 Å². The second kappa shape index (κ2) is 10.0. The normalized spacial score (nSPS) is 18.1. The predicted molar refractivity (Wildman–Crippen MR) is 128 cm³/mol. The number of thiazole rings is 1. The summed E-state index contributed by atoms with van der Waals surface area (Å²) in [4.78, 5) is 31.4. The zero-order valence-electron chi connectivity index (χ0n) is 18.6. The first-order valence-electron chi connectivity index (χ1n) is 10.8. The van der Waals surface area contributed by atoms with Crippen LogP contribution in [0.4, 0.5) is 0 Å². The number of rotatable bonds is 8. The molecule has 0 radical (unpaired) electrons. The number of hydrogen-bond donors (Lipinski definition) is 1. The van der Waals surface area contributed by atoms with Crippen molar-refractivity contribution in [2.45, 2.75) is 36.7 Å². The number of amides is 1. The Hall–Kier alpha value is -3.08. The van der Waals surface area contributed by atoms with Crippen LogP contribution in [-0.4, -0.2) is 64.8 Å². The zero-order chi connectivity index (χ0) is 24.3. The van der Waals surface area contributed by atoms with E-state index in [1.165, 1.54) is 32.7 Å². The van der Waals surface area contributed by atoms with Crippen LogP contribution in [0.2, 0.25) is 0 Å². The number of sulfonamides is 1. The van der Waals surface area contributed by atoms with Gasteiger partial charge in [-0.2, -0.15) is 4.31 Å². The molecule has 1 unspecified atom stereocenters. The van der Waals surface area contributed by atoms with Crippen LogP contribution in [0.25, 0.3) is 0 Å². The highest BCUT2D eigenvalue weighted by molar-refractivity contribution is 7.89. The number of piperazine rings is 1. The number of aromatic nitrogens is 1. The van der Waals surface area contributed by atoms with Gasteiger partial charge in [-0.15, -0.1) is 11.3 Å². The van der Waals surface area contributed by atoms with E-state index in [9.17, 15) is 23.1 Å². The Labute approximate surface area is 202 Å². The van der Waals surface area contributed by atoms with E-state index in [0.29, 0.717) is 5.69 Å². The predicted octanol–water partition coefficient (Wildman–Crippen LogP) is 2.59. The SMILES string of the molecule is Cc1ccc(S(=O)(=O)N2CCN(C(Cc3cscn3)C(=O)O)C(=O)[C@H]2Cc2ccccc2)cc1. The summed E-state index contributed by atoms with van der Waals surface area (Å²) in [5.74, 6) is -1.66. The maximum atomic E-state index is 13.7. The van der Waals surface area contributed by atoms with Crippen LogP contribution in [-0.2, 0) is 32.5 Å². The molecule has 1 aliphatic heterocycles. The Morgan fingerprint density at radius 2 is 1.85 bits per heavy atom. The Morgan fingerprint density at radius 1 is 1.15 bits per heavy atom. The summed E-state index contributed by atoms with van der Waals surface area (Å²) in [5, 5.41) is 11.6. The minimum absolute atomic E-state index is 0.000293. The number of nitrogens with zero attached hydrogens (tertiary/aromatic N) is 3. The molecule has 4 rings (SSSR count). The average Bonchev–Trinajstić information content (AvgIpc) is 3.33. The molecule has 3 aromatic rings. The minimum Gasteiger partial charge on any atom is -0.480 e. The van der Waals surface area contributed by atoms with Gasteiger partial charge in [0, 0.05) is 24.9 Å². The van der Waals surface area contributed by atoms with Gasteiger partial charge in [-0.1, -0.05) is 48.0 Å². The largest absolute Gasteiger partial charge is 0.480 e. The molecule has 0 saturated carbocycles. The first-order valence-corrected chi connectivity index (χ1v) is 13.2. The summed E-state index contributed by atoms with van der Waals surface area (Å²) >= 11 is 1.35. The first kappa shape index (κ1) is 24.1. The quantitative estimate of drug-likeness (QED) is 0.511. The van der Waals surface area contributed by atoms with Gasteiger partial charge in [0.15, 0.2) is 0 Å². The van der Waals surface area contributed by atoms with Gasteiger partial charge in [0.25, 0.3) is 0 Å². The molecule has 0 bridgehead atoms. The number of hydrogen-bond acceptors (Lipinski definition) is 6. The number of benzene rings is 2. The maximum Gasteiger partial charge on any atom is 0.326 e. The van der Waals surface area contributed by atoms with Crippen LogP contribution in [0, 0.1) is 6.92 Å². The summed E-state index contributed by atoms with van der Waals surface area (Å²) < 4.78 is 28.3. The standard InChI is InChI=1S/C24H25N3O5S2/c1-17-7-9-20(10-8-17)34(31,32)27-12-11-26(22(24(29)30)14-19-15-33-16-25-19)23(28)21(27)13-18-5-3-2-4-6-18/h2-10,15-16,21-22H,11-14H2,1H3,(H,29,30)/t21-,22?/m1/s1. The Kier molecular flexibility index (Phi) is 7.11. The molecule has 1 N–H and O–H groups in total. The van der Waals surface area contributed by atoms with Crippen molar-refractivity contribution in [1.82, 2.24) is 14.2 Å². The lowest BCUT2D eigenvalue weighted by molar-refractivity contribution is -0.154. The third-order valence-corrected chi connectivity index (χ3v) is 8.48. The van der Waals surface area contributed by atoms with E-state index in [2.05, 4.69) is 4.98 Å². The van der Waals surface area contributed by atoms with E-state index < -0.39 is 34.0 Å². The number of carboxylic acids is 1. The maximum absolute atomic E-state index is 13.7. The Bertz CT molecular complexity index is 1250. The van der Waals surface area contributed by atoms with Crippen molar-refractivity contribution in [3.63, 3.8) is 0 Å². The van der Waals surface area contributed by atoms with Gasteiger partial charge in [0.2, 0.25) is 15.9 Å². The molecule has 1 aliphatic rings. The monoisotopic (exact) mass is 499 g/mol. The fraction of sp³-hybridized carbons (Fsp3) is 0.292. The van der Waals surface area contributed by atoms with Gasteiger partial charge >= 0.3 is 5.97 Å². The van der Waals surface area contributed by atoms with Crippen LogP contribution in [0.3, 0.4) is 0 Å². The lowest BCUT2D eigenvalue weighted by atomic mass is 10.0. The molecule has 1 fully saturated rings. The second-order valence-electron chi connectivity index (χ2n) is 8.20. The lowest BCUT2D eigenvalue weighted by Gasteiger charge is -2.42. The van der Waals surface area contributed by atoms with Crippen LogP contribution in [0.5, 0.6) is 0 Å². The van der Waals surface area contributed by atoms with E-state index in [1.807, 2.05) is 37.3 Å². The van der Waals surface area contributed by atoms with E-state index in [-0.39, 0.29) is 30.8 Å². The van der Waals surface area contributed by atoms with Crippen molar-refractivity contribution in [2.75, 3.05) is 13.1 Å². The minimum atomic E-state index is -3.97. The third-order valence-electron chi connectivity index (χ3n) is 5.92. The molecule has 1 saturated heterocycles. The summed E-state index contributed by atoms with van der Waals surface area (Å²) in [7, 11) is -3.97. The molecule has 10 heteroatoms. The molecule has 1 aromatic heterocycles. The van der Waals surface area contributed by atoms with Crippen molar-refractivity contribution in [2.24, 2.45) is 0 Å². The summed E-state index contributed by atoms with van der Waals surface area (Å²) in [6.07, 6.45) is 0.206. The van der Waals surface area contributed by atoms with Crippen LogP contribution < -0.4 is 0 Å². The highest BCUT2D eigenvalue weighted by atomic mass is 32.2. The Balaban J connectivity index is 1.69. The van der Waals surface area contributed by atoms with Gasteiger partial charge in [0.05, 0.1) is 16.1 Å². The van der Waals surface area contributed by atoms with Crippen molar-refractivity contribution in [3.05, 3.63) is 82.3 Å². The van der Waals surface area contributed by atoms with E-state index in [1.54, 1.807) is 23.0 Å². The van der Waals surface area contributed by atoms with Crippen LogP contribution in [0.15, 0.2) is 70.4 Å². The first-order chi connectivity index (χ1) is 16.3. The van der Waals surface area contributed by atoms with E-state index in [4.69, 9.17) is 0 Å². The molecule has 2 heterocycles. The average molecular weight is 500 g/mol. The molecule has 0 spiro atoms. The van der Waals surface area contributed by atoms with Crippen molar-refractivity contribution in [3.8, 4) is 0 Å². The molecular weight excluding hydrogens is 474 g/mol. The topological polar surface area (TPSA) is 108 Å². The fourth-order valence-corrected chi connectivity index (χ4v) is 6.27. The van der Waals surface area contributed by atoms with Gasteiger partial charge < -0.3 is 10.0 Å². The van der Waals surface area contributed by atoms with Gasteiger partial charge in [0.1, 0.15) is 12.1 Å². The molecular formula is C24H25N3O5S2. The van der Waals surface area contributed by atoms with E-state index >= 15 is 0 Å². The number of carbonyl (C=O) groups excluding carboxylic acids is 1. The highest BCUT2D eigenvalue weighted by Crippen LogP contribution is 2.27. The Morgan fingerprint density at radius 3 is 2.47 bits per heavy atom. The van der Waals surface area contributed by atoms with Crippen molar-refractivity contribution >= 4 is 33.2 Å².